The Labute approximate surface area is 69.1 Å². The van der Waals surface area contributed by atoms with E-state index in [-0.39, 0.29) is 0 Å². The molecule has 0 aliphatic heterocycles. The number of hydrogen-bond acceptors (Lipinski definition) is 4. The third-order valence-electron chi connectivity index (χ3n) is 1.83. The van der Waals surface area contributed by atoms with E-state index in [1.54, 1.807) is 0 Å². The molecule has 2 aromatic rings. The smallest absolute Gasteiger partial charge is 0.174 e. The van der Waals surface area contributed by atoms with Crippen LogP contribution in [-0.2, 0) is 6.54 Å². The maximum absolute atomic E-state index is 5.55. The van der Waals surface area contributed by atoms with Gasteiger partial charge in [0.1, 0.15) is 0 Å². The summed E-state index contributed by atoms with van der Waals surface area (Å²) in [5, 5.41) is 4.48. The first-order valence-electron chi connectivity index (χ1n) is 3.65. The van der Waals surface area contributed by atoms with Crippen molar-refractivity contribution in [3.63, 3.8) is 0 Å². The molecule has 0 fully saturated rings. The highest BCUT2D eigenvalue weighted by molar-refractivity contribution is 5.88. The van der Waals surface area contributed by atoms with Gasteiger partial charge < -0.3 is 16.0 Å². The maximum atomic E-state index is 5.55. The number of nitrogens with zero attached hydrogens (tertiary/aromatic N) is 1. The number of aromatic nitrogens is 1. The second kappa shape index (κ2) is 2.49. The minimum atomic E-state index is 0.417. The molecule has 12 heavy (non-hydrogen) atoms. The molecular weight excluding hydrogens is 154 g/mol. The summed E-state index contributed by atoms with van der Waals surface area (Å²) in [5.41, 5.74) is 12.7. The third kappa shape index (κ3) is 0.853. The van der Waals surface area contributed by atoms with E-state index in [9.17, 15) is 0 Å². The van der Waals surface area contributed by atoms with E-state index in [4.69, 9.17) is 16.0 Å². The van der Waals surface area contributed by atoms with Gasteiger partial charge in [-0.15, -0.1) is 0 Å². The Kier molecular flexibility index (Phi) is 1.48. The van der Waals surface area contributed by atoms with Gasteiger partial charge in [-0.25, -0.2) is 0 Å². The molecule has 0 spiro atoms. The van der Waals surface area contributed by atoms with E-state index in [1.165, 1.54) is 0 Å². The molecule has 0 aliphatic carbocycles. The number of fused-ring (bicyclic) bond motifs is 1. The van der Waals surface area contributed by atoms with E-state index < -0.39 is 0 Å². The van der Waals surface area contributed by atoms with Crippen LogP contribution in [0.2, 0.25) is 0 Å². The molecule has 62 valence electrons. The number of anilines is 1. The molecule has 4 heteroatoms. The van der Waals surface area contributed by atoms with Crippen molar-refractivity contribution in [1.82, 2.24) is 5.16 Å². The van der Waals surface area contributed by atoms with Crippen molar-refractivity contribution in [2.75, 3.05) is 5.73 Å². The van der Waals surface area contributed by atoms with Crippen LogP contribution in [0.15, 0.2) is 22.7 Å². The fraction of sp³-hybridized carbons (Fsp3) is 0.125. The Balaban J connectivity index is 2.81. The van der Waals surface area contributed by atoms with Gasteiger partial charge in [-0.2, -0.15) is 0 Å². The predicted octanol–water partition coefficient (Wildman–Crippen LogP) is 0.869. The fourth-order valence-electron chi connectivity index (χ4n) is 1.20. The summed E-state index contributed by atoms with van der Waals surface area (Å²) in [4.78, 5) is 0. The molecule has 0 bridgehead atoms. The predicted molar refractivity (Wildman–Crippen MR) is 46.3 cm³/mol. The van der Waals surface area contributed by atoms with Gasteiger partial charge >= 0.3 is 0 Å². The molecule has 2 rings (SSSR count). The molecule has 1 aromatic heterocycles. The fourth-order valence-corrected chi connectivity index (χ4v) is 1.20. The van der Waals surface area contributed by atoms with Crippen LogP contribution in [0.25, 0.3) is 11.0 Å². The van der Waals surface area contributed by atoms with Crippen molar-refractivity contribution >= 4 is 16.8 Å². The molecule has 0 saturated heterocycles. The van der Waals surface area contributed by atoms with Crippen LogP contribution in [0.4, 0.5) is 5.82 Å². The molecule has 0 amide bonds. The molecule has 0 aliphatic rings. The molecule has 0 unspecified atom stereocenters. The zero-order valence-electron chi connectivity index (χ0n) is 6.45. The van der Waals surface area contributed by atoms with E-state index in [0.29, 0.717) is 17.9 Å². The van der Waals surface area contributed by atoms with Gasteiger partial charge in [-0.1, -0.05) is 17.3 Å². The Hall–Kier alpha value is -1.55. The summed E-state index contributed by atoms with van der Waals surface area (Å²) in [5.74, 6) is 0.417. The minimum absolute atomic E-state index is 0.417. The van der Waals surface area contributed by atoms with Gasteiger partial charge in [-0.3, -0.25) is 0 Å². The van der Waals surface area contributed by atoms with Crippen molar-refractivity contribution in [2.45, 2.75) is 6.54 Å². The lowest BCUT2D eigenvalue weighted by Crippen LogP contribution is -1.95. The van der Waals surface area contributed by atoms with Gasteiger partial charge in [0.25, 0.3) is 0 Å². The van der Waals surface area contributed by atoms with Gasteiger partial charge in [0, 0.05) is 12.1 Å². The van der Waals surface area contributed by atoms with Crippen LogP contribution in [0, 0.1) is 0 Å². The van der Waals surface area contributed by atoms with Crippen molar-refractivity contribution in [1.29, 1.82) is 0 Å². The number of benzene rings is 1. The lowest BCUT2D eigenvalue weighted by atomic mass is 10.1. The van der Waals surface area contributed by atoms with Crippen LogP contribution in [0.3, 0.4) is 0 Å². The molecule has 1 aromatic carbocycles. The first-order valence-corrected chi connectivity index (χ1v) is 3.65. The van der Waals surface area contributed by atoms with E-state index in [0.717, 1.165) is 10.9 Å². The number of para-hydroxylation sites is 1. The molecular formula is C8H9N3O. The maximum Gasteiger partial charge on any atom is 0.174 e. The standard InChI is InChI=1S/C8H9N3O/c9-4-5-2-1-3-6-7(5)12-11-8(6)10/h1-3H,4,9H2,(H2,10,11). The van der Waals surface area contributed by atoms with Crippen LogP contribution < -0.4 is 11.5 Å². The van der Waals surface area contributed by atoms with Gasteiger partial charge in [-0.05, 0) is 6.07 Å². The van der Waals surface area contributed by atoms with Crippen LogP contribution >= 0.6 is 0 Å². The quantitative estimate of drug-likeness (QED) is 0.653. The summed E-state index contributed by atoms with van der Waals surface area (Å²) in [6.07, 6.45) is 0. The lowest BCUT2D eigenvalue weighted by molar-refractivity contribution is 0.458. The Morgan fingerprint density at radius 1 is 1.42 bits per heavy atom. The summed E-state index contributed by atoms with van der Waals surface area (Å²) in [7, 11) is 0. The summed E-state index contributed by atoms with van der Waals surface area (Å²) in [6, 6.07) is 5.64. The van der Waals surface area contributed by atoms with Gasteiger partial charge in [0.15, 0.2) is 11.4 Å². The number of hydrogen-bond donors (Lipinski definition) is 2. The first kappa shape index (κ1) is 7.12. The number of nitrogen functional groups attached to an aromatic ring is 1. The molecule has 0 atom stereocenters. The largest absolute Gasteiger partial charge is 0.380 e. The molecule has 0 saturated carbocycles. The SMILES string of the molecule is NCc1cccc2c(N)noc12. The summed E-state index contributed by atoms with van der Waals surface area (Å²) >= 11 is 0. The zero-order valence-corrected chi connectivity index (χ0v) is 6.45. The summed E-state index contributed by atoms with van der Waals surface area (Å²) in [6.45, 7) is 0.436. The monoisotopic (exact) mass is 163 g/mol. The Morgan fingerprint density at radius 2 is 2.25 bits per heavy atom. The zero-order chi connectivity index (χ0) is 8.55. The second-order valence-corrected chi connectivity index (χ2v) is 2.57. The van der Waals surface area contributed by atoms with Crippen LogP contribution in [0.5, 0.6) is 0 Å². The topological polar surface area (TPSA) is 78.1 Å². The van der Waals surface area contributed by atoms with Crippen molar-refractivity contribution in [3.8, 4) is 0 Å². The van der Waals surface area contributed by atoms with Crippen molar-refractivity contribution in [2.24, 2.45) is 5.73 Å². The van der Waals surface area contributed by atoms with E-state index in [1.807, 2.05) is 18.2 Å². The highest BCUT2D eigenvalue weighted by Crippen LogP contribution is 2.22. The van der Waals surface area contributed by atoms with E-state index >= 15 is 0 Å². The Bertz CT molecular complexity index is 408. The lowest BCUT2D eigenvalue weighted by Gasteiger charge is -1.94. The van der Waals surface area contributed by atoms with Crippen LogP contribution in [-0.4, -0.2) is 5.16 Å². The molecule has 1 heterocycles. The van der Waals surface area contributed by atoms with Crippen molar-refractivity contribution < 1.29 is 4.52 Å². The van der Waals surface area contributed by atoms with Crippen molar-refractivity contribution in [3.05, 3.63) is 23.8 Å². The average molecular weight is 163 g/mol. The number of rotatable bonds is 1. The second-order valence-electron chi connectivity index (χ2n) is 2.57. The van der Waals surface area contributed by atoms with Crippen LogP contribution in [0.1, 0.15) is 5.56 Å². The van der Waals surface area contributed by atoms with Gasteiger partial charge in [0.05, 0.1) is 5.39 Å². The molecule has 4 nitrogen and oxygen atoms in total. The normalized spacial score (nSPS) is 10.8. The third-order valence-corrected chi connectivity index (χ3v) is 1.83. The highest BCUT2D eigenvalue weighted by atomic mass is 16.5. The summed E-state index contributed by atoms with van der Waals surface area (Å²) < 4.78 is 5.02. The highest BCUT2D eigenvalue weighted by Gasteiger charge is 2.06. The minimum Gasteiger partial charge on any atom is -0.380 e. The average Bonchev–Trinajstić information content (AvgIpc) is 2.48. The molecule has 4 N–H and O–H groups in total. The van der Waals surface area contributed by atoms with E-state index in [2.05, 4.69) is 5.16 Å². The molecule has 0 radical (unpaired) electrons. The number of nitrogens with two attached hydrogens (primary N) is 2. The Morgan fingerprint density at radius 3 is 3.00 bits per heavy atom. The van der Waals surface area contributed by atoms with Gasteiger partial charge in [0.2, 0.25) is 0 Å². The first-order chi connectivity index (χ1) is 5.83.